The van der Waals surface area contributed by atoms with Crippen LogP contribution in [-0.2, 0) is 16.0 Å². The number of carbonyl (C=O) groups is 2. The fourth-order valence-corrected chi connectivity index (χ4v) is 4.52. The number of rotatable bonds is 7. The molecule has 156 valence electrons. The first-order valence-electron chi connectivity index (χ1n) is 10.8. The van der Waals surface area contributed by atoms with Crippen molar-refractivity contribution in [3.8, 4) is 11.1 Å². The van der Waals surface area contributed by atoms with Gasteiger partial charge in [-0.15, -0.1) is 6.58 Å². The van der Waals surface area contributed by atoms with Gasteiger partial charge in [0.25, 0.3) is 0 Å². The van der Waals surface area contributed by atoms with Crippen molar-refractivity contribution < 1.29 is 9.59 Å². The van der Waals surface area contributed by atoms with Gasteiger partial charge in [-0.1, -0.05) is 30.3 Å². The van der Waals surface area contributed by atoms with Crippen LogP contribution in [0.15, 0.2) is 61.4 Å². The quantitative estimate of drug-likeness (QED) is 0.719. The van der Waals surface area contributed by atoms with E-state index in [1.54, 1.807) is 18.5 Å². The third-order valence-electron chi connectivity index (χ3n) is 6.24. The standard InChI is InChI=1S/C25H29N3O2/c1-2-13-27-24(30)25(12-5-16-28(18-25)23(29)20-8-9-20)17-21-6-3-4-7-22(21)19-10-14-26-15-11-19/h2-4,6-7,10-11,14-15,20H,1,5,8-9,12-13,16-18H2,(H,27,30)/t25-/m0/s1. The Morgan fingerprint density at radius 2 is 1.97 bits per heavy atom. The summed E-state index contributed by atoms with van der Waals surface area (Å²) in [4.78, 5) is 32.2. The summed E-state index contributed by atoms with van der Waals surface area (Å²) in [6, 6.07) is 12.2. The van der Waals surface area contributed by atoms with Crippen LogP contribution >= 0.6 is 0 Å². The van der Waals surface area contributed by atoms with Gasteiger partial charge in [0.15, 0.2) is 0 Å². The molecule has 2 amide bonds. The molecule has 0 unspecified atom stereocenters. The Morgan fingerprint density at radius 1 is 1.20 bits per heavy atom. The number of piperidine rings is 1. The van der Waals surface area contributed by atoms with Gasteiger partial charge in [0.2, 0.25) is 11.8 Å². The van der Waals surface area contributed by atoms with Crippen LogP contribution in [0.2, 0.25) is 0 Å². The van der Waals surface area contributed by atoms with Crippen molar-refractivity contribution in [1.29, 1.82) is 0 Å². The maximum atomic E-state index is 13.4. The highest BCUT2D eigenvalue weighted by atomic mass is 16.2. The van der Waals surface area contributed by atoms with Crippen LogP contribution < -0.4 is 5.32 Å². The molecule has 1 N–H and O–H groups in total. The Balaban J connectivity index is 1.66. The Bertz CT molecular complexity index is 923. The molecule has 1 aromatic heterocycles. The van der Waals surface area contributed by atoms with E-state index in [9.17, 15) is 9.59 Å². The maximum Gasteiger partial charge on any atom is 0.228 e. The first kappa shape index (κ1) is 20.3. The van der Waals surface area contributed by atoms with Gasteiger partial charge in [-0.05, 0) is 60.9 Å². The van der Waals surface area contributed by atoms with Gasteiger partial charge in [0.1, 0.15) is 0 Å². The maximum absolute atomic E-state index is 13.4. The first-order chi connectivity index (χ1) is 14.6. The van der Waals surface area contributed by atoms with Gasteiger partial charge >= 0.3 is 0 Å². The second-order valence-electron chi connectivity index (χ2n) is 8.49. The van der Waals surface area contributed by atoms with Crippen molar-refractivity contribution >= 4 is 11.8 Å². The van der Waals surface area contributed by atoms with Gasteiger partial charge in [-0.2, -0.15) is 0 Å². The minimum Gasteiger partial charge on any atom is -0.352 e. The van der Waals surface area contributed by atoms with Crippen LogP contribution in [0.3, 0.4) is 0 Å². The lowest BCUT2D eigenvalue weighted by atomic mass is 9.73. The summed E-state index contributed by atoms with van der Waals surface area (Å²) in [5, 5.41) is 3.02. The van der Waals surface area contributed by atoms with Crippen LogP contribution in [0.5, 0.6) is 0 Å². The molecule has 0 spiro atoms. The summed E-state index contributed by atoms with van der Waals surface area (Å²) < 4.78 is 0. The Hall–Kier alpha value is -2.95. The number of pyridine rings is 1. The molecule has 2 fully saturated rings. The predicted octanol–water partition coefficient (Wildman–Crippen LogP) is 3.61. The third kappa shape index (κ3) is 4.30. The smallest absolute Gasteiger partial charge is 0.228 e. The normalized spacial score (nSPS) is 21.1. The fraction of sp³-hybridized carbons (Fsp3) is 0.400. The Kier molecular flexibility index (Phi) is 5.98. The highest BCUT2D eigenvalue weighted by Crippen LogP contribution is 2.39. The van der Waals surface area contributed by atoms with Crippen LogP contribution in [0.1, 0.15) is 31.2 Å². The van der Waals surface area contributed by atoms with E-state index in [1.165, 1.54) is 0 Å². The van der Waals surface area contributed by atoms with E-state index in [-0.39, 0.29) is 17.7 Å². The number of benzene rings is 1. The van der Waals surface area contributed by atoms with Crippen LogP contribution in [0.25, 0.3) is 11.1 Å². The molecule has 30 heavy (non-hydrogen) atoms. The van der Waals surface area contributed by atoms with E-state index in [2.05, 4.69) is 29.0 Å². The zero-order valence-electron chi connectivity index (χ0n) is 17.3. The molecule has 5 nitrogen and oxygen atoms in total. The number of nitrogens with zero attached hydrogens (tertiary/aromatic N) is 2. The number of amides is 2. The average Bonchev–Trinajstić information content (AvgIpc) is 3.63. The number of hydrogen-bond donors (Lipinski definition) is 1. The second-order valence-corrected chi connectivity index (χ2v) is 8.49. The number of hydrogen-bond acceptors (Lipinski definition) is 3. The molecular formula is C25H29N3O2. The summed E-state index contributed by atoms with van der Waals surface area (Å²) in [6.07, 6.45) is 9.46. The number of aromatic nitrogens is 1. The van der Waals surface area contributed by atoms with E-state index in [4.69, 9.17) is 0 Å². The van der Waals surface area contributed by atoms with E-state index in [0.717, 1.165) is 48.9 Å². The molecule has 1 aliphatic heterocycles. The summed E-state index contributed by atoms with van der Waals surface area (Å²) in [6.45, 7) is 5.39. The van der Waals surface area contributed by atoms with E-state index >= 15 is 0 Å². The Morgan fingerprint density at radius 3 is 2.70 bits per heavy atom. The van der Waals surface area contributed by atoms with E-state index in [1.807, 2.05) is 29.2 Å². The van der Waals surface area contributed by atoms with Crippen LogP contribution in [0, 0.1) is 11.3 Å². The lowest BCUT2D eigenvalue weighted by Crippen LogP contribution is -2.54. The lowest BCUT2D eigenvalue weighted by Gasteiger charge is -2.42. The number of carbonyl (C=O) groups excluding carboxylic acids is 2. The summed E-state index contributed by atoms with van der Waals surface area (Å²) in [5.41, 5.74) is 2.69. The molecule has 1 aromatic carbocycles. The van der Waals surface area contributed by atoms with Crippen molar-refractivity contribution in [1.82, 2.24) is 15.2 Å². The van der Waals surface area contributed by atoms with Crippen molar-refractivity contribution in [2.24, 2.45) is 11.3 Å². The van der Waals surface area contributed by atoms with Crippen molar-refractivity contribution in [3.63, 3.8) is 0 Å². The molecule has 2 aliphatic rings. The summed E-state index contributed by atoms with van der Waals surface area (Å²) >= 11 is 0. The zero-order chi connectivity index (χ0) is 21.0. The Labute approximate surface area is 178 Å². The topological polar surface area (TPSA) is 62.3 Å². The molecule has 1 saturated heterocycles. The molecule has 1 aliphatic carbocycles. The van der Waals surface area contributed by atoms with E-state index < -0.39 is 5.41 Å². The molecule has 0 radical (unpaired) electrons. The van der Waals surface area contributed by atoms with Gasteiger partial charge in [-0.25, -0.2) is 0 Å². The second kappa shape index (κ2) is 8.82. The van der Waals surface area contributed by atoms with Crippen molar-refractivity contribution in [2.45, 2.75) is 32.1 Å². The lowest BCUT2D eigenvalue weighted by molar-refractivity contribution is -0.142. The molecular weight excluding hydrogens is 374 g/mol. The molecule has 2 aromatic rings. The minimum absolute atomic E-state index is 0.0141. The first-order valence-corrected chi connectivity index (χ1v) is 10.8. The minimum atomic E-state index is -0.630. The van der Waals surface area contributed by atoms with Crippen molar-refractivity contribution in [3.05, 3.63) is 67.0 Å². The fourth-order valence-electron chi connectivity index (χ4n) is 4.52. The van der Waals surface area contributed by atoms with Gasteiger partial charge in [0.05, 0.1) is 5.41 Å². The molecule has 5 heteroatoms. The molecule has 2 heterocycles. The monoisotopic (exact) mass is 403 g/mol. The predicted molar refractivity (Wildman–Crippen MR) is 118 cm³/mol. The van der Waals surface area contributed by atoms with Crippen LogP contribution in [0.4, 0.5) is 0 Å². The third-order valence-corrected chi connectivity index (χ3v) is 6.24. The largest absolute Gasteiger partial charge is 0.352 e. The number of nitrogens with one attached hydrogen (secondary N) is 1. The summed E-state index contributed by atoms with van der Waals surface area (Å²) in [5.74, 6) is 0.402. The zero-order valence-corrected chi connectivity index (χ0v) is 17.3. The summed E-state index contributed by atoms with van der Waals surface area (Å²) in [7, 11) is 0. The van der Waals surface area contributed by atoms with Gasteiger partial charge in [0, 0.05) is 37.9 Å². The van der Waals surface area contributed by atoms with Crippen LogP contribution in [-0.4, -0.2) is 41.3 Å². The highest BCUT2D eigenvalue weighted by molar-refractivity contribution is 5.86. The average molecular weight is 404 g/mol. The van der Waals surface area contributed by atoms with E-state index in [0.29, 0.717) is 19.5 Å². The van der Waals surface area contributed by atoms with Gasteiger partial charge in [-0.3, -0.25) is 14.6 Å². The molecule has 1 atom stereocenters. The molecule has 4 rings (SSSR count). The van der Waals surface area contributed by atoms with Crippen molar-refractivity contribution in [2.75, 3.05) is 19.6 Å². The molecule has 1 saturated carbocycles. The van der Waals surface area contributed by atoms with Gasteiger partial charge < -0.3 is 10.2 Å². The highest BCUT2D eigenvalue weighted by Gasteiger charge is 2.45. The molecule has 0 bridgehead atoms. The number of likely N-dealkylation sites (tertiary alicyclic amines) is 1. The SMILES string of the molecule is C=CCNC(=O)[C@]1(Cc2ccccc2-c2ccncc2)CCCN(C(=O)C2CC2)C1.